The molecule has 1 rings (SSSR count). The summed E-state index contributed by atoms with van der Waals surface area (Å²) >= 11 is 0. The maximum absolute atomic E-state index is 8.93. The van der Waals surface area contributed by atoms with Crippen LogP contribution in [-0.2, 0) is 0 Å². The molecule has 0 saturated heterocycles. The molecule has 0 radical (unpaired) electrons. The van der Waals surface area contributed by atoms with Crippen molar-refractivity contribution in [2.75, 3.05) is 13.6 Å². The molecule has 0 amide bonds. The molecule has 0 aromatic carbocycles. The number of unbranched alkanes of at least 4 members (excludes halogenated alkanes) is 1. The predicted molar refractivity (Wildman–Crippen MR) is 62.3 cm³/mol. The Hall–Kier alpha value is -0.590. The van der Waals surface area contributed by atoms with E-state index in [1.807, 2.05) is 0 Å². The zero-order chi connectivity index (χ0) is 11.3. The molecule has 0 unspecified atom stereocenters. The van der Waals surface area contributed by atoms with Crippen LogP contribution in [0.1, 0.15) is 45.4 Å². The Morgan fingerprint density at radius 1 is 1.47 bits per heavy atom. The van der Waals surface area contributed by atoms with Gasteiger partial charge in [-0.2, -0.15) is 5.26 Å². The Morgan fingerprint density at radius 2 is 2.07 bits per heavy atom. The molecule has 0 aromatic rings. The fraction of sp³-hybridized carbons (Fsp3) is 0.917. The molecule has 0 aliphatic heterocycles. The van der Waals surface area contributed by atoms with Crippen molar-refractivity contribution in [1.29, 1.82) is 5.26 Å². The first-order valence-corrected chi connectivity index (χ1v) is 6.01. The molecule has 86 valence electrons. The van der Waals surface area contributed by atoms with E-state index in [2.05, 4.69) is 24.9 Å². The van der Waals surface area contributed by atoms with E-state index in [0.717, 1.165) is 25.7 Å². The normalized spacial score (nSPS) is 31.5. The summed E-state index contributed by atoms with van der Waals surface area (Å²) in [6.07, 6.45) is 6.36. The van der Waals surface area contributed by atoms with Gasteiger partial charge in [0.15, 0.2) is 0 Å². The SMILES string of the molecule is CCCCN(C)C1CCC(N)(C#N)CC1. The zero-order valence-corrected chi connectivity index (χ0v) is 10.00. The maximum Gasteiger partial charge on any atom is 0.104 e. The summed E-state index contributed by atoms with van der Waals surface area (Å²) in [7, 11) is 2.19. The maximum atomic E-state index is 8.93. The number of rotatable bonds is 4. The fourth-order valence-corrected chi connectivity index (χ4v) is 2.26. The van der Waals surface area contributed by atoms with E-state index in [4.69, 9.17) is 11.0 Å². The average molecular weight is 209 g/mol. The summed E-state index contributed by atoms with van der Waals surface area (Å²) in [6, 6.07) is 2.88. The monoisotopic (exact) mass is 209 g/mol. The van der Waals surface area contributed by atoms with Crippen LogP contribution in [0.5, 0.6) is 0 Å². The van der Waals surface area contributed by atoms with Gasteiger partial charge in [0.1, 0.15) is 5.54 Å². The number of nitriles is 1. The molecule has 1 saturated carbocycles. The molecule has 0 atom stereocenters. The quantitative estimate of drug-likeness (QED) is 0.769. The first-order chi connectivity index (χ1) is 7.11. The van der Waals surface area contributed by atoms with E-state index >= 15 is 0 Å². The lowest BCUT2D eigenvalue weighted by atomic mass is 9.81. The summed E-state index contributed by atoms with van der Waals surface area (Å²) in [5.74, 6) is 0. The van der Waals surface area contributed by atoms with Crippen LogP contribution >= 0.6 is 0 Å². The van der Waals surface area contributed by atoms with Crippen molar-refractivity contribution < 1.29 is 0 Å². The highest BCUT2D eigenvalue weighted by Gasteiger charge is 2.32. The topological polar surface area (TPSA) is 53.0 Å². The van der Waals surface area contributed by atoms with Crippen LogP contribution in [0.3, 0.4) is 0 Å². The van der Waals surface area contributed by atoms with Crippen LogP contribution in [0.25, 0.3) is 0 Å². The van der Waals surface area contributed by atoms with E-state index in [-0.39, 0.29) is 0 Å². The number of hydrogen-bond donors (Lipinski definition) is 1. The van der Waals surface area contributed by atoms with Crippen molar-refractivity contribution >= 4 is 0 Å². The standard InChI is InChI=1S/C12H23N3/c1-3-4-9-15(2)11-5-7-12(14,10-13)8-6-11/h11H,3-9,14H2,1-2H3. The predicted octanol–water partition coefficient (Wildman–Crippen LogP) is 1.88. The molecule has 2 N–H and O–H groups in total. The molecule has 1 aliphatic rings. The second-order valence-electron chi connectivity index (χ2n) is 4.83. The summed E-state index contributed by atoms with van der Waals surface area (Å²) in [4.78, 5) is 2.43. The Bertz CT molecular complexity index is 224. The van der Waals surface area contributed by atoms with E-state index in [1.165, 1.54) is 19.4 Å². The van der Waals surface area contributed by atoms with Gasteiger partial charge in [-0.3, -0.25) is 0 Å². The van der Waals surface area contributed by atoms with Crippen LogP contribution in [0.2, 0.25) is 0 Å². The van der Waals surface area contributed by atoms with Crippen molar-refractivity contribution in [3.05, 3.63) is 0 Å². The van der Waals surface area contributed by atoms with Crippen LogP contribution in [0, 0.1) is 11.3 Å². The van der Waals surface area contributed by atoms with Gasteiger partial charge >= 0.3 is 0 Å². The number of hydrogen-bond acceptors (Lipinski definition) is 3. The lowest BCUT2D eigenvalue weighted by Crippen LogP contribution is -2.46. The van der Waals surface area contributed by atoms with Gasteiger partial charge in [0.2, 0.25) is 0 Å². The number of nitrogens with two attached hydrogens (primary N) is 1. The van der Waals surface area contributed by atoms with Crippen molar-refractivity contribution in [3.8, 4) is 6.07 Å². The first kappa shape index (κ1) is 12.5. The van der Waals surface area contributed by atoms with Crippen molar-refractivity contribution in [3.63, 3.8) is 0 Å². The Labute approximate surface area is 93.2 Å². The van der Waals surface area contributed by atoms with Crippen molar-refractivity contribution in [1.82, 2.24) is 4.90 Å². The third-order valence-corrected chi connectivity index (χ3v) is 3.56. The fourth-order valence-electron chi connectivity index (χ4n) is 2.26. The zero-order valence-electron chi connectivity index (χ0n) is 10.00. The van der Waals surface area contributed by atoms with Gasteiger partial charge in [0.25, 0.3) is 0 Å². The third-order valence-electron chi connectivity index (χ3n) is 3.56. The summed E-state index contributed by atoms with van der Waals surface area (Å²) < 4.78 is 0. The second-order valence-corrected chi connectivity index (χ2v) is 4.83. The molecule has 15 heavy (non-hydrogen) atoms. The van der Waals surface area contributed by atoms with Crippen molar-refractivity contribution in [2.24, 2.45) is 5.73 Å². The van der Waals surface area contributed by atoms with Crippen molar-refractivity contribution in [2.45, 2.75) is 57.0 Å². The first-order valence-electron chi connectivity index (χ1n) is 6.01. The van der Waals surface area contributed by atoms with Gasteiger partial charge < -0.3 is 10.6 Å². The smallest absolute Gasteiger partial charge is 0.104 e. The Balaban J connectivity index is 2.34. The average Bonchev–Trinajstić information content (AvgIpc) is 2.27. The van der Waals surface area contributed by atoms with Gasteiger partial charge in [-0.05, 0) is 45.7 Å². The van der Waals surface area contributed by atoms with E-state index in [9.17, 15) is 0 Å². The lowest BCUT2D eigenvalue weighted by molar-refractivity contribution is 0.166. The molecule has 3 heteroatoms. The van der Waals surface area contributed by atoms with E-state index < -0.39 is 5.54 Å². The molecular weight excluding hydrogens is 186 g/mol. The Kier molecular flexibility index (Phi) is 4.56. The summed E-state index contributed by atoms with van der Waals surface area (Å²) in [5, 5.41) is 8.93. The van der Waals surface area contributed by atoms with Gasteiger partial charge in [0, 0.05) is 6.04 Å². The number of nitrogens with zero attached hydrogens (tertiary/aromatic N) is 2. The van der Waals surface area contributed by atoms with Gasteiger partial charge in [-0.15, -0.1) is 0 Å². The molecule has 3 nitrogen and oxygen atoms in total. The summed E-state index contributed by atoms with van der Waals surface area (Å²) in [6.45, 7) is 3.39. The highest BCUT2D eigenvalue weighted by molar-refractivity contribution is 5.07. The minimum absolute atomic E-state index is 0.540. The highest BCUT2D eigenvalue weighted by atomic mass is 15.1. The van der Waals surface area contributed by atoms with Gasteiger partial charge in [-0.1, -0.05) is 13.3 Å². The van der Waals surface area contributed by atoms with Crippen LogP contribution in [0.15, 0.2) is 0 Å². The van der Waals surface area contributed by atoms with Crippen LogP contribution < -0.4 is 5.73 Å². The third kappa shape index (κ3) is 3.48. The Morgan fingerprint density at radius 3 is 2.53 bits per heavy atom. The molecule has 1 aliphatic carbocycles. The van der Waals surface area contributed by atoms with Crippen LogP contribution in [-0.4, -0.2) is 30.1 Å². The minimum atomic E-state index is -0.540. The van der Waals surface area contributed by atoms with Gasteiger partial charge in [0.05, 0.1) is 6.07 Å². The van der Waals surface area contributed by atoms with E-state index in [0.29, 0.717) is 6.04 Å². The molecule has 0 heterocycles. The molecule has 0 spiro atoms. The van der Waals surface area contributed by atoms with Crippen LogP contribution in [0.4, 0.5) is 0 Å². The molecule has 0 aromatic heterocycles. The molecule has 0 bridgehead atoms. The summed E-state index contributed by atoms with van der Waals surface area (Å²) in [5.41, 5.74) is 5.40. The van der Waals surface area contributed by atoms with E-state index in [1.54, 1.807) is 0 Å². The second kappa shape index (κ2) is 5.48. The minimum Gasteiger partial charge on any atom is -0.313 e. The lowest BCUT2D eigenvalue weighted by Gasteiger charge is -2.36. The highest BCUT2D eigenvalue weighted by Crippen LogP contribution is 2.28. The van der Waals surface area contributed by atoms with Gasteiger partial charge in [-0.25, -0.2) is 0 Å². The molecule has 1 fully saturated rings. The molecular formula is C12H23N3. The largest absolute Gasteiger partial charge is 0.313 e.